The van der Waals surface area contributed by atoms with Gasteiger partial charge in [0.15, 0.2) is 0 Å². The second kappa shape index (κ2) is 8.02. The van der Waals surface area contributed by atoms with Gasteiger partial charge in [-0.2, -0.15) is 5.10 Å². The third kappa shape index (κ3) is 5.14. The number of hydrogen-bond donors (Lipinski definition) is 1. The Morgan fingerprint density at radius 2 is 2.00 bits per heavy atom. The van der Waals surface area contributed by atoms with Crippen LogP contribution in [0.25, 0.3) is 0 Å². The van der Waals surface area contributed by atoms with Crippen molar-refractivity contribution in [1.82, 2.24) is 10.4 Å². The van der Waals surface area contributed by atoms with Crippen LogP contribution < -0.4 is 9.73 Å². The van der Waals surface area contributed by atoms with E-state index in [1.165, 1.54) is 6.21 Å². The summed E-state index contributed by atoms with van der Waals surface area (Å²) >= 11 is 3.29. The molecule has 0 bridgehead atoms. The smallest absolute Gasteiger partial charge is 0.260 e. The number of hydrazone groups is 1. The number of nitrogens with one attached hydrogen (secondary N) is 1. The lowest BCUT2D eigenvalue weighted by atomic mass is 10.3. The van der Waals surface area contributed by atoms with E-state index in [1.54, 1.807) is 48.7 Å². The van der Waals surface area contributed by atoms with E-state index in [4.69, 9.17) is 0 Å². The molecule has 2 aromatic rings. The number of pyridine rings is 1. The van der Waals surface area contributed by atoms with Crippen LogP contribution in [-0.4, -0.2) is 38.3 Å². The summed E-state index contributed by atoms with van der Waals surface area (Å²) in [5.74, 6) is -0.566. The number of amides is 1. The van der Waals surface area contributed by atoms with Crippen LogP contribution in [0, 0.1) is 0 Å². The largest absolute Gasteiger partial charge is 0.271 e. The molecule has 0 aliphatic carbocycles. The van der Waals surface area contributed by atoms with Gasteiger partial charge in [-0.3, -0.25) is 14.1 Å². The number of hydrogen-bond acceptors (Lipinski definition) is 5. The molecule has 0 spiro atoms. The van der Waals surface area contributed by atoms with Gasteiger partial charge in [0, 0.05) is 10.7 Å². The van der Waals surface area contributed by atoms with Gasteiger partial charge in [0.1, 0.15) is 6.54 Å². The van der Waals surface area contributed by atoms with Crippen molar-refractivity contribution in [3.05, 3.63) is 58.8 Å². The van der Waals surface area contributed by atoms with Crippen molar-refractivity contribution in [2.24, 2.45) is 5.10 Å². The van der Waals surface area contributed by atoms with Crippen molar-refractivity contribution in [1.29, 1.82) is 0 Å². The highest BCUT2D eigenvalue weighted by Gasteiger charge is 2.22. The normalized spacial score (nSPS) is 11.4. The Hall–Kier alpha value is -2.26. The molecule has 0 unspecified atom stereocenters. The highest BCUT2D eigenvalue weighted by molar-refractivity contribution is 9.10. The molecule has 2 rings (SSSR count). The molecular weight excluding hydrogens is 396 g/mol. The van der Waals surface area contributed by atoms with Crippen LogP contribution in [0.3, 0.4) is 0 Å². The first-order valence-electron chi connectivity index (χ1n) is 6.83. The number of carbonyl (C=O) groups excluding carboxylic acids is 1. The van der Waals surface area contributed by atoms with E-state index >= 15 is 0 Å². The van der Waals surface area contributed by atoms with Crippen LogP contribution in [-0.2, 0) is 14.8 Å². The highest BCUT2D eigenvalue weighted by Crippen LogP contribution is 2.27. The van der Waals surface area contributed by atoms with Gasteiger partial charge in [0.2, 0.25) is 10.0 Å². The lowest BCUT2D eigenvalue weighted by Crippen LogP contribution is -2.39. The molecule has 0 radical (unpaired) electrons. The Labute approximate surface area is 148 Å². The average molecular weight is 411 g/mol. The maximum atomic E-state index is 12.0. The third-order valence-electron chi connectivity index (χ3n) is 2.88. The standard InChI is InChI=1S/C15H15BrN4O3S/c1-24(22,23)20(14-8-3-2-7-13(14)16)11-15(21)19-18-10-12-6-4-5-9-17-12/h2-10H,11H2,1H3,(H,19,21)/b18-10-. The van der Waals surface area contributed by atoms with E-state index in [0.717, 1.165) is 10.6 Å². The van der Waals surface area contributed by atoms with E-state index in [9.17, 15) is 13.2 Å². The monoisotopic (exact) mass is 410 g/mol. The molecule has 0 aliphatic rings. The summed E-state index contributed by atoms with van der Waals surface area (Å²) in [5, 5.41) is 3.77. The number of para-hydroxylation sites is 1. The van der Waals surface area contributed by atoms with Crippen LogP contribution in [0.15, 0.2) is 58.2 Å². The molecule has 1 heterocycles. The first-order valence-corrected chi connectivity index (χ1v) is 9.47. The molecule has 9 heteroatoms. The molecule has 0 saturated carbocycles. The minimum atomic E-state index is -3.63. The summed E-state index contributed by atoms with van der Waals surface area (Å²) < 4.78 is 25.6. The van der Waals surface area contributed by atoms with Gasteiger partial charge < -0.3 is 0 Å². The minimum Gasteiger partial charge on any atom is -0.271 e. The SMILES string of the molecule is CS(=O)(=O)N(CC(=O)N/N=C\c1ccccn1)c1ccccc1Br. The molecule has 1 amide bonds. The number of rotatable bonds is 6. The predicted octanol–water partition coefficient (Wildman–Crippen LogP) is 1.76. The molecular formula is C15H15BrN4O3S. The number of sulfonamides is 1. The second-order valence-electron chi connectivity index (χ2n) is 4.77. The zero-order chi connectivity index (χ0) is 17.6. The molecule has 1 aromatic heterocycles. The summed E-state index contributed by atoms with van der Waals surface area (Å²) in [6, 6.07) is 12.0. The number of carbonyl (C=O) groups is 1. The zero-order valence-electron chi connectivity index (χ0n) is 12.8. The molecule has 1 N–H and O–H groups in total. The van der Waals surface area contributed by atoms with Crippen molar-refractivity contribution in [3.63, 3.8) is 0 Å². The van der Waals surface area contributed by atoms with Gasteiger partial charge in [-0.05, 0) is 40.2 Å². The van der Waals surface area contributed by atoms with Gasteiger partial charge in [0.25, 0.3) is 5.91 Å². The van der Waals surface area contributed by atoms with Crippen molar-refractivity contribution < 1.29 is 13.2 Å². The van der Waals surface area contributed by atoms with Gasteiger partial charge >= 0.3 is 0 Å². The number of benzene rings is 1. The van der Waals surface area contributed by atoms with E-state index in [1.807, 2.05) is 0 Å². The Bertz CT molecular complexity index is 841. The third-order valence-corrected chi connectivity index (χ3v) is 4.68. The van der Waals surface area contributed by atoms with Crippen molar-refractivity contribution in [2.75, 3.05) is 17.1 Å². The van der Waals surface area contributed by atoms with Crippen molar-refractivity contribution in [3.8, 4) is 0 Å². The molecule has 24 heavy (non-hydrogen) atoms. The predicted molar refractivity (Wildman–Crippen MR) is 96.3 cm³/mol. The van der Waals surface area contributed by atoms with E-state index < -0.39 is 15.9 Å². The maximum Gasteiger partial charge on any atom is 0.260 e. The van der Waals surface area contributed by atoms with Crippen LogP contribution >= 0.6 is 15.9 Å². The van der Waals surface area contributed by atoms with Crippen molar-refractivity contribution in [2.45, 2.75) is 0 Å². The Morgan fingerprint density at radius 3 is 2.62 bits per heavy atom. The van der Waals surface area contributed by atoms with E-state index in [2.05, 4.69) is 31.4 Å². The van der Waals surface area contributed by atoms with E-state index in [0.29, 0.717) is 15.9 Å². The molecule has 1 aromatic carbocycles. The molecule has 126 valence electrons. The zero-order valence-corrected chi connectivity index (χ0v) is 15.2. The average Bonchev–Trinajstić information content (AvgIpc) is 2.53. The van der Waals surface area contributed by atoms with Gasteiger partial charge in [0.05, 0.1) is 23.9 Å². The van der Waals surface area contributed by atoms with Crippen LogP contribution in [0.4, 0.5) is 5.69 Å². The van der Waals surface area contributed by atoms with Gasteiger partial charge in [-0.1, -0.05) is 18.2 Å². The number of anilines is 1. The quantitative estimate of drug-likeness (QED) is 0.579. The fourth-order valence-electron chi connectivity index (χ4n) is 1.82. The van der Waals surface area contributed by atoms with Crippen LogP contribution in [0.2, 0.25) is 0 Å². The lowest BCUT2D eigenvalue weighted by molar-refractivity contribution is -0.119. The summed E-state index contributed by atoms with van der Waals surface area (Å²) in [6.45, 7) is -0.388. The Balaban J connectivity index is 2.09. The molecule has 0 fully saturated rings. The molecule has 0 saturated heterocycles. The summed E-state index contributed by atoms with van der Waals surface area (Å²) in [7, 11) is -3.63. The number of aromatic nitrogens is 1. The van der Waals surface area contributed by atoms with E-state index in [-0.39, 0.29) is 6.54 Å². The first kappa shape index (κ1) is 18.1. The maximum absolute atomic E-state index is 12.0. The summed E-state index contributed by atoms with van der Waals surface area (Å²) in [6.07, 6.45) is 4.01. The Morgan fingerprint density at radius 1 is 1.29 bits per heavy atom. The van der Waals surface area contributed by atoms with Gasteiger partial charge in [-0.15, -0.1) is 0 Å². The number of halogens is 1. The first-order chi connectivity index (χ1) is 11.4. The topological polar surface area (TPSA) is 91.7 Å². The summed E-state index contributed by atoms with van der Waals surface area (Å²) in [5.41, 5.74) is 3.24. The fourth-order valence-corrected chi connectivity index (χ4v) is 3.31. The fraction of sp³-hybridized carbons (Fsp3) is 0.133. The molecule has 7 nitrogen and oxygen atoms in total. The number of nitrogens with zero attached hydrogens (tertiary/aromatic N) is 3. The lowest BCUT2D eigenvalue weighted by Gasteiger charge is -2.22. The van der Waals surface area contributed by atoms with Crippen LogP contribution in [0.1, 0.15) is 5.69 Å². The van der Waals surface area contributed by atoms with Crippen LogP contribution in [0.5, 0.6) is 0 Å². The summed E-state index contributed by atoms with van der Waals surface area (Å²) in [4.78, 5) is 16.0. The van der Waals surface area contributed by atoms with Crippen molar-refractivity contribution >= 4 is 43.8 Å². The second-order valence-corrected chi connectivity index (χ2v) is 7.53. The van der Waals surface area contributed by atoms with Gasteiger partial charge in [-0.25, -0.2) is 13.8 Å². The minimum absolute atomic E-state index is 0.379. The molecule has 0 atom stereocenters. The highest BCUT2D eigenvalue weighted by atomic mass is 79.9. The Kier molecular flexibility index (Phi) is 6.04. The molecule has 0 aliphatic heterocycles.